The van der Waals surface area contributed by atoms with Crippen LogP contribution in [-0.2, 0) is 16.1 Å². The normalized spacial score (nSPS) is 16.5. The standard InChI is InChI=1S/C21H22N8O3.C8H10N2/c1-12-24-17(6-18(25-12)23-11-30)22-7-15-9-28-8-14(13-3-4-13)5-16(20(28)26-15)29-10-19(31)27(2)21(29)32;1-6-4-5-9-8(10-6)7-2-3-7/h5-6,8-9,11,13H,3-4,7,10H2,1-2H3,(H2,22,23,24,25,30);4-5,7H,2-3H2,1H3. The molecule has 216 valence electrons. The van der Waals surface area contributed by atoms with Crippen molar-refractivity contribution >= 4 is 41.3 Å². The molecule has 0 radical (unpaired) electrons. The van der Waals surface area contributed by atoms with Gasteiger partial charge in [0, 0.05) is 43.3 Å². The molecule has 0 unspecified atom stereocenters. The molecule has 7 rings (SSSR count). The number of pyridine rings is 1. The molecule has 2 saturated carbocycles. The number of hydrogen-bond donors (Lipinski definition) is 2. The first kappa shape index (κ1) is 27.2. The van der Waals surface area contributed by atoms with Crippen molar-refractivity contribution in [3.8, 4) is 0 Å². The van der Waals surface area contributed by atoms with Crippen LogP contribution >= 0.6 is 0 Å². The van der Waals surface area contributed by atoms with Gasteiger partial charge in [0.05, 0.1) is 17.9 Å². The van der Waals surface area contributed by atoms with Crippen LogP contribution in [0, 0.1) is 13.8 Å². The van der Waals surface area contributed by atoms with Crippen LogP contribution in [0.1, 0.15) is 66.1 Å². The Morgan fingerprint density at radius 1 is 0.976 bits per heavy atom. The molecule has 13 heteroatoms. The van der Waals surface area contributed by atoms with E-state index in [-0.39, 0.29) is 18.5 Å². The zero-order valence-corrected chi connectivity index (χ0v) is 23.7. The van der Waals surface area contributed by atoms with Gasteiger partial charge in [-0.05, 0) is 63.1 Å². The molecule has 13 nitrogen and oxygen atoms in total. The van der Waals surface area contributed by atoms with E-state index in [1.807, 2.05) is 42.0 Å². The number of nitrogens with one attached hydrogen (secondary N) is 2. The molecule has 0 aromatic carbocycles. The third-order valence-electron chi connectivity index (χ3n) is 7.38. The number of aromatic nitrogens is 6. The first-order valence-electron chi connectivity index (χ1n) is 14.0. The van der Waals surface area contributed by atoms with E-state index in [9.17, 15) is 14.4 Å². The van der Waals surface area contributed by atoms with E-state index < -0.39 is 0 Å². The van der Waals surface area contributed by atoms with Crippen LogP contribution in [0.3, 0.4) is 0 Å². The highest BCUT2D eigenvalue weighted by Crippen LogP contribution is 2.42. The van der Waals surface area contributed by atoms with E-state index in [0.717, 1.165) is 40.5 Å². The van der Waals surface area contributed by atoms with E-state index in [0.29, 0.717) is 53.6 Å². The summed E-state index contributed by atoms with van der Waals surface area (Å²) in [6.07, 6.45) is 11.1. The van der Waals surface area contributed by atoms with E-state index >= 15 is 0 Å². The maximum atomic E-state index is 12.6. The van der Waals surface area contributed by atoms with Crippen LogP contribution < -0.4 is 15.5 Å². The summed E-state index contributed by atoms with van der Waals surface area (Å²) in [5.74, 6) is 3.44. The fourth-order valence-corrected chi connectivity index (χ4v) is 4.84. The average Bonchev–Trinajstić information content (AvgIpc) is 3.90. The van der Waals surface area contributed by atoms with E-state index in [1.165, 1.54) is 24.8 Å². The van der Waals surface area contributed by atoms with Gasteiger partial charge in [-0.1, -0.05) is 0 Å². The predicted octanol–water partition coefficient (Wildman–Crippen LogP) is 3.55. The summed E-state index contributed by atoms with van der Waals surface area (Å²) in [4.78, 5) is 59.7. The third kappa shape index (κ3) is 5.90. The quantitative estimate of drug-likeness (QED) is 0.240. The molecule has 2 aliphatic carbocycles. The molecular formula is C29H32N10O3. The van der Waals surface area contributed by atoms with Crippen LogP contribution in [0.4, 0.5) is 22.1 Å². The van der Waals surface area contributed by atoms with Gasteiger partial charge in [0.15, 0.2) is 5.65 Å². The van der Waals surface area contributed by atoms with Crippen molar-refractivity contribution in [1.82, 2.24) is 34.2 Å². The Labute approximate surface area is 242 Å². The van der Waals surface area contributed by atoms with Crippen molar-refractivity contribution in [2.45, 2.75) is 57.9 Å². The molecule has 0 atom stereocenters. The van der Waals surface area contributed by atoms with Crippen LogP contribution in [0.5, 0.6) is 0 Å². The second kappa shape index (κ2) is 11.1. The minimum atomic E-state index is -0.348. The number of aryl methyl sites for hydroxylation is 2. The minimum Gasteiger partial charge on any atom is -0.364 e. The number of carbonyl (C=O) groups is 3. The molecule has 4 aromatic rings. The molecule has 4 amide bonds. The topological polar surface area (TPSA) is 151 Å². The van der Waals surface area contributed by atoms with Crippen molar-refractivity contribution in [2.75, 3.05) is 29.1 Å². The van der Waals surface area contributed by atoms with E-state index in [1.54, 1.807) is 13.0 Å². The average molecular weight is 569 g/mol. The summed E-state index contributed by atoms with van der Waals surface area (Å²) in [6.45, 7) is 4.13. The first-order chi connectivity index (χ1) is 20.3. The molecule has 5 heterocycles. The Kier molecular flexibility index (Phi) is 7.23. The van der Waals surface area contributed by atoms with E-state index in [4.69, 9.17) is 4.98 Å². The van der Waals surface area contributed by atoms with Crippen LogP contribution in [0.2, 0.25) is 0 Å². The highest BCUT2D eigenvalue weighted by Gasteiger charge is 2.36. The second-order valence-electron chi connectivity index (χ2n) is 10.8. The largest absolute Gasteiger partial charge is 0.364 e. The van der Waals surface area contributed by atoms with Gasteiger partial charge >= 0.3 is 6.03 Å². The summed E-state index contributed by atoms with van der Waals surface area (Å²) in [7, 11) is 1.49. The number of urea groups is 1. The molecule has 3 aliphatic rings. The summed E-state index contributed by atoms with van der Waals surface area (Å²) in [5.41, 5.74) is 4.21. The number of hydrogen-bond acceptors (Lipinski definition) is 9. The molecule has 4 aromatic heterocycles. The van der Waals surface area contributed by atoms with Crippen LogP contribution in [-0.4, -0.2) is 66.2 Å². The first-order valence-corrected chi connectivity index (χ1v) is 14.0. The molecule has 1 aliphatic heterocycles. The van der Waals surface area contributed by atoms with Crippen molar-refractivity contribution < 1.29 is 14.4 Å². The van der Waals surface area contributed by atoms with Gasteiger partial charge in [-0.3, -0.25) is 19.4 Å². The third-order valence-corrected chi connectivity index (χ3v) is 7.38. The number of imidazole rings is 1. The number of likely N-dealkylation sites (N-methyl/N-ethyl adjacent to an activating group) is 1. The Hall–Kier alpha value is -4.94. The molecule has 1 saturated heterocycles. The summed E-state index contributed by atoms with van der Waals surface area (Å²) in [5, 5.41) is 5.72. The van der Waals surface area contributed by atoms with Gasteiger partial charge in [-0.15, -0.1) is 0 Å². The summed E-state index contributed by atoms with van der Waals surface area (Å²) in [6, 6.07) is 5.20. The van der Waals surface area contributed by atoms with E-state index in [2.05, 4.69) is 30.6 Å². The smallest absolute Gasteiger partial charge is 0.331 e. The highest BCUT2D eigenvalue weighted by atomic mass is 16.2. The van der Waals surface area contributed by atoms with Crippen LogP contribution in [0.15, 0.2) is 36.8 Å². The number of carbonyl (C=O) groups excluding carboxylic acids is 3. The Morgan fingerprint density at radius 3 is 2.40 bits per heavy atom. The predicted molar refractivity (Wildman–Crippen MR) is 155 cm³/mol. The maximum Gasteiger partial charge on any atom is 0.331 e. The monoisotopic (exact) mass is 568 g/mol. The number of anilines is 3. The maximum absolute atomic E-state index is 12.6. The molecule has 0 bridgehead atoms. The summed E-state index contributed by atoms with van der Waals surface area (Å²) < 4.78 is 1.92. The lowest BCUT2D eigenvalue weighted by atomic mass is 10.1. The zero-order valence-electron chi connectivity index (χ0n) is 23.7. The Morgan fingerprint density at radius 2 is 1.74 bits per heavy atom. The van der Waals surface area contributed by atoms with Gasteiger partial charge in [0.25, 0.3) is 0 Å². The van der Waals surface area contributed by atoms with Gasteiger partial charge in [-0.25, -0.2) is 29.7 Å². The molecule has 2 N–H and O–H groups in total. The summed E-state index contributed by atoms with van der Waals surface area (Å²) >= 11 is 0. The SMILES string of the molecule is Cc1ccnc(C2CC2)n1.Cc1nc(NC=O)cc(NCc2cn3cc(C4CC4)cc(N4CC(=O)N(C)C4=O)c3n2)n1. The van der Waals surface area contributed by atoms with Crippen molar-refractivity contribution in [1.29, 1.82) is 0 Å². The molecule has 3 fully saturated rings. The zero-order chi connectivity index (χ0) is 29.4. The van der Waals surface area contributed by atoms with Gasteiger partial charge in [-0.2, -0.15) is 0 Å². The molecule has 0 spiro atoms. The number of fused-ring (bicyclic) bond motifs is 1. The number of imide groups is 1. The highest BCUT2D eigenvalue weighted by molar-refractivity contribution is 6.13. The lowest BCUT2D eigenvalue weighted by molar-refractivity contribution is -0.123. The van der Waals surface area contributed by atoms with Crippen molar-refractivity contribution in [2.24, 2.45) is 0 Å². The fourth-order valence-electron chi connectivity index (χ4n) is 4.84. The number of nitrogens with zero attached hydrogens (tertiary/aromatic N) is 8. The van der Waals surface area contributed by atoms with Crippen molar-refractivity contribution in [3.63, 3.8) is 0 Å². The molecule has 42 heavy (non-hydrogen) atoms. The second-order valence-corrected chi connectivity index (χ2v) is 10.8. The fraction of sp³-hybridized carbons (Fsp3) is 0.379. The van der Waals surface area contributed by atoms with Gasteiger partial charge < -0.3 is 15.0 Å². The van der Waals surface area contributed by atoms with Crippen LogP contribution in [0.25, 0.3) is 5.65 Å². The Balaban J connectivity index is 0.000000265. The lowest BCUT2D eigenvalue weighted by Gasteiger charge is -2.17. The minimum absolute atomic E-state index is 0.00623. The molecular weight excluding hydrogens is 536 g/mol. The number of rotatable bonds is 8. The van der Waals surface area contributed by atoms with Gasteiger partial charge in [0.2, 0.25) is 12.3 Å². The van der Waals surface area contributed by atoms with Gasteiger partial charge in [0.1, 0.15) is 29.8 Å². The van der Waals surface area contributed by atoms with Crippen molar-refractivity contribution in [3.05, 3.63) is 65.4 Å². The number of amides is 4. The lowest BCUT2D eigenvalue weighted by Crippen LogP contribution is -2.30. The Bertz CT molecular complexity index is 1680.